The molecule has 5 heteroatoms. The number of hydrogen-bond acceptors (Lipinski definition) is 3. The summed E-state index contributed by atoms with van der Waals surface area (Å²) in [7, 11) is 0. The minimum atomic E-state index is -1.29. The second-order valence-electron chi connectivity index (χ2n) is 2.63. The van der Waals surface area contributed by atoms with Crippen molar-refractivity contribution in [2.24, 2.45) is 0 Å². The second kappa shape index (κ2) is 4.58. The third-order valence-corrected chi connectivity index (χ3v) is 1.77. The predicted molar refractivity (Wildman–Crippen MR) is 54.3 cm³/mol. The van der Waals surface area contributed by atoms with Gasteiger partial charge in [-0.2, -0.15) is 0 Å². The molecule has 0 fully saturated rings. The zero-order valence-corrected chi connectivity index (χ0v) is 8.25. The van der Waals surface area contributed by atoms with Gasteiger partial charge in [0.25, 0.3) is 0 Å². The average Bonchev–Trinajstić information content (AvgIpc) is 2.16. The number of benzene rings is 1. The molecule has 0 bridgehead atoms. The number of aromatic carboxylic acids is 1. The van der Waals surface area contributed by atoms with Gasteiger partial charge in [-0.15, -0.1) is 11.6 Å². The molecule has 0 amide bonds. The zero-order valence-electron chi connectivity index (χ0n) is 7.49. The quantitative estimate of drug-likeness (QED) is 0.500. The summed E-state index contributed by atoms with van der Waals surface area (Å²) in [6.45, 7) is 0. The van der Waals surface area contributed by atoms with Crippen molar-refractivity contribution in [2.45, 2.75) is 0 Å². The molecule has 0 saturated carbocycles. The first-order valence-electron chi connectivity index (χ1n) is 3.90. The van der Waals surface area contributed by atoms with Crippen molar-refractivity contribution in [3.8, 4) is 23.3 Å². The van der Waals surface area contributed by atoms with Crippen LogP contribution in [0.4, 0.5) is 0 Å². The molecule has 0 saturated heterocycles. The van der Waals surface area contributed by atoms with Gasteiger partial charge in [-0.3, -0.25) is 0 Å². The van der Waals surface area contributed by atoms with Crippen molar-refractivity contribution >= 4 is 17.6 Å². The van der Waals surface area contributed by atoms with E-state index in [1.54, 1.807) is 0 Å². The fourth-order valence-corrected chi connectivity index (χ4v) is 1.04. The molecule has 0 spiro atoms. The summed E-state index contributed by atoms with van der Waals surface area (Å²) in [5, 5.41) is 27.2. The molecular weight excluding hydrogens is 220 g/mol. The predicted octanol–water partition coefficient (Wildman–Crippen LogP) is 1.39. The number of phenols is 2. The molecule has 78 valence electrons. The Kier molecular flexibility index (Phi) is 3.42. The van der Waals surface area contributed by atoms with Gasteiger partial charge in [0, 0.05) is 6.07 Å². The van der Waals surface area contributed by atoms with Gasteiger partial charge in [0.15, 0.2) is 0 Å². The summed E-state index contributed by atoms with van der Waals surface area (Å²) < 4.78 is 0. The van der Waals surface area contributed by atoms with Crippen molar-refractivity contribution in [3.63, 3.8) is 0 Å². The Morgan fingerprint density at radius 2 is 2.00 bits per heavy atom. The number of carbonyl (C=O) groups is 1. The van der Waals surface area contributed by atoms with Gasteiger partial charge in [-0.05, 0) is 6.07 Å². The average molecular weight is 227 g/mol. The van der Waals surface area contributed by atoms with Gasteiger partial charge in [-0.1, -0.05) is 11.8 Å². The molecule has 0 heterocycles. The number of carboxylic acid groups (broad SMARTS) is 1. The summed E-state index contributed by atoms with van der Waals surface area (Å²) in [6.07, 6.45) is 0. The number of hydrogen-bond donors (Lipinski definition) is 3. The van der Waals surface area contributed by atoms with E-state index < -0.39 is 11.7 Å². The van der Waals surface area contributed by atoms with Crippen LogP contribution in [-0.2, 0) is 0 Å². The third-order valence-electron chi connectivity index (χ3n) is 1.63. The lowest BCUT2D eigenvalue weighted by Crippen LogP contribution is -1.97. The number of rotatable bonds is 1. The van der Waals surface area contributed by atoms with Gasteiger partial charge >= 0.3 is 5.97 Å². The topological polar surface area (TPSA) is 77.8 Å². The Bertz CT molecular complexity index is 456. The molecule has 3 N–H and O–H groups in total. The molecule has 1 aromatic rings. The summed E-state index contributed by atoms with van der Waals surface area (Å²) >= 11 is 5.32. The monoisotopic (exact) mass is 226 g/mol. The first kappa shape index (κ1) is 11.2. The number of phenolic OH excluding ortho intramolecular Hbond substituents is 1. The van der Waals surface area contributed by atoms with E-state index in [1.807, 2.05) is 0 Å². The molecule has 0 radical (unpaired) electrons. The van der Waals surface area contributed by atoms with Crippen LogP contribution in [0.3, 0.4) is 0 Å². The molecule has 0 aromatic heterocycles. The molecule has 1 rings (SSSR count). The molecule has 4 nitrogen and oxygen atoms in total. The maximum atomic E-state index is 10.6. The van der Waals surface area contributed by atoms with Gasteiger partial charge in [0.2, 0.25) is 0 Å². The lowest BCUT2D eigenvalue weighted by Gasteiger charge is -2.02. The SMILES string of the molecule is O=C(O)c1cc(C#CCCl)c(O)cc1O. The maximum Gasteiger partial charge on any atom is 0.339 e. The standard InChI is InChI=1S/C10H7ClO4/c11-3-1-2-6-4-7(10(14)15)9(13)5-8(6)12/h4-5,12-13H,3H2,(H,14,15). The summed E-state index contributed by atoms with van der Waals surface area (Å²) in [4.78, 5) is 10.6. The molecule has 1 aromatic carbocycles. The van der Waals surface area contributed by atoms with E-state index >= 15 is 0 Å². The lowest BCUT2D eigenvalue weighted by atomic mass is 10.1. The van der Waals surface area contributed by atoms with Crippen molar-refractivity contribution < 1.29 is 20.1 Å². The van der Waals surface area contributed by atoms with Crippen LogP contribution >= 0.6 is 11.6 Å². The van der Waals surface area contributed by atoms with Crippen LogP contribution in [0.25, 0.3) is 0 Å². The van der Waals surface area contributed by atoms with E-state index in [0.29, 0.717) is 0 Å². The summed E-state index contributed by atoms with van der Waals surface area (Å²) in [5.74, 6) is 2.95. The normalized spacial score (nSPS) is 9.13. The number of carboxylic acids is 1. The molecule has 0 unspecified atom stereocenters. The molecule has 0 aliphatic heterocycles. The second-order valence-corrected chi connectivity index (χ2v) is 2.89. The minimum absolute atomic E-state index is 0.0721. The molecule has 0 aliphatic carbocycles. The first-order chi connectivity index (χ1) is 7.06. The Balaban J connectivity index is 3.29. The van der Waals surface area contributed by atoms with E-state index in [2.05, 4.69) is 11.8 Å². The van der Waals surface area contributed by atoms with Crippen LogP contribution in [-0.4, -0.2) is 27.2 Å². The summed E-state index contributed by atoms with van der Waals surface area (Å²) in [6, 6.07) is 2.02. The van der Waals surface area contributed by atoms with Gasteiger partial charge in [0.05, 0.1) is 11.4 Å². The summed E-state index contributed by atoms with van der Waals surface area (Å²) in [5.41, 5.74) is -0.197. The van der Waals surface area contributed by atoms with Crippen molar-refractivity contribution in [1.82, 2.24) is 0 Å². The number of alkyl halides is 1. The maximum absolute atomic E-state index is 10.6. The fraction of sp³-hybridized carbons (Fsp3) is 0.100. The third kappa shape index (κ3) is 2.55. The minimum Gasteiger partial charge on any atom is -0.507 e. The lowest BCUT2D eigenvalue weighted by molar-refractivity contribution is 0.0693. The fourth-order valence-electron chi connectivity index (χ4n) is 0.977. The smallest absolute Gasteiger partial charge is 0.339 e. The largest absolute Gasteiger partial charge is 0.507 e. The van der Waals surface area contributed by atoms with E-state index in [9.17, 15) is 15.0 Å². The van der Waals surface area contributed by atoms with Gasteiger partial charge in [-0.25, -0.2) is 4.79 Å². The highest BCUT2D eigenvalue weighted by atomic mass is 35.5. The van der Waals surface area contributed by atoms with E-state index in [0.717, 1.165) is 12.1 Å². The Morgan fingerprint density at radius 3 is 2.53 bits per heavy atom. The van der Waals surface area contributed by atoms with Crippen LogP contribution in [0, 0.1) is 11.8 Å². The molecule has 0 atom stereocenters. The highest BCUT2D eigenvalue weighted by Crippen LogP contribution is 2.26. The van der Waals surface area contributed by atoms with Crippen LogP contribution in [0.1, 0.15) is 15.9 Å². The van der Waals surface area contributed by atoms with Crippen molar-refractivity contribution in [1.29, 1.82) is 0 Å². The van der Waals surface area contributed by atoms with E-state index in [4.69, 9.17) is 16.7 Å². The van der Waals surface area contributed by atoms with Crippen LogP contribution in [0.15, 0.2) is 12.1 Å². The van der Waals surface area contributed by atoms with E-state index in [-0.39, 0.29) is 22.8 Å². The first-order valence-corrected chi connectivity index (χ1v) is 4.43. The van der Waals surface area contributed by atoms with Crippen molar-refractivity contribution in [2.75, 3.05) is 5.88 Å². The highest BCUT2D eigenvalue weighted by Gasteiger charge is 2.12. The van der Waals surface area contributed by atoms with Crippen LogP contribution in [0.5, 0.6) is 11.5 Å². The zero-order chi connectivity index (χ0) is 11.4. The Labute approximate surface area is 90.7 Å². The van der Waals surface area contributed by atoms with Crippen LogP contribution in [0.2, 0.25) is 0 Å². The Morgan fingerprint density at radius 1 is 1.33 bits per heavy atom. The number of halogens is 1. The highest BCUT2D eigenvalue weighted by molar-refractivity contribution is 6.19. The van der Waals surface area contributed by atoms with Gasteiger partial charge in [0.1, 0.15) is 17.1 Å². The molecule has 0 aliphatic rings. The van der Waals surface area contributed by atoms with Crippen molar-refractivity contribution in [3.05, 3.63) is 23.3 Å². The molecule has 15 heavy (non-hydrogen) atoms. The van der Waals surface area contributed by atoms with Crippen LogP contribution < -0.4 is 0 Å². The number of aromatic hydroxyl groups is 2. The Hall–Kier alpha value is -1.86. The van der Waals surface area contributed by atoms with Gasteiger partial charge < -0.3 is 15.3 Å². The molecular formula is C10H7ClO4. The van der Waals surface area contributed by atoms with E-state index in [1.165, 1.54) is 0 Å².